The van der Waals surface area contributed by atoms with Crippen molar-refractivity contribution < 1.29 is 22.7 Å². The number of alkyl halides is 3. The Morgan fingerprint density at radius 2 is 2.10 bits per heavy atom. The van der Waals surface area contributed by atoms with Gasteiger partial charge in [-0.1, -0.05) is 0 Å². The van der Waals surface area contributed by atoms with Crippen LogP contribution in [0.3, 0.4) is 0 Å². The molecule has 9 heteroatoms. The van der Waals surface area contributed by atoms with Crippen molar-refractivity contribution in [2.45, 2.75) is 13.1 Å². The predicted molar refractivity (Wildman–Crippen MR) is 74.1 cm³/mol. The Morgan fingerprint density at radius 1 is 1.40 bits per heavy atom. The minimum atomic E-state index is -4.69. The van der Waals surface area contributed by atoms with Crippen LogP contribution in [0.15, 0.2) is 15.9 Å². The first-order chi connectivity index (χ1) is 9.32. The number of carbonyl (C=O) groups is 1. The topological polar surface area (TPSA) is 39.2 Å². The highest BCUT2D eigenvalue weighted by molar-refractivity contribution is 9.11. The molecule has 0 aromatic carbocycles. The van der Waals surface area contributed by atoms with E-state index in [-0.39, 0.29) is 11.6 Å². The van der Waals surface area contributed by atoms with Gasteiger partial charge in [-0.15, -0.1) is 22.7 Å². The van der Waals surface area contributed by atoms with Gasteiger partial charge in [-0.2, -0.15) is 13.2 Å². The SMILES string of the molecule is CCOC(=O)c1sc(-c2ccc(Br)s2)nc1C(F)(F)F. The number of esters is 1. The van der Waals surface area contributed by atoms with Crippen LogP contribution in [-0.4, -0.2) is 17.6 Å². The summed E-state index contributed by atoms with van der Waals surface area (Å²) in [6, 6.07) is 3.35. The summed E-state index contributed by atoms with van der Waals surface area (Å²) in [5.41, 5.74) is -1.19. The van der Waals surface area contributed by atoms with Crippen molar-refractivity contribution in [3.05, 3.63) is 26.5 Å². The van der Waals surface area contributed by atoms with Gasteiger partial charge in [0.25, 0.3) is 0 Å². The van der Waals surface area contributed by atoms with E-state index in [1.807, 2.05) is 0 Å². The molecule has 0 atom stereocenters. The van der Waals surface area contributed by atoms with Crippen molar-refractivity contribution >= 4 is 44.6 Å². The molecule has 0 N–H and O–H groups in total. The fraction of sp³-hybridized carbons (Fsp3) is 0.273. The van der Waals surface area contributed by atoms with Crippen molar-refractivity contribution in [3.8, 4) is 9.88 Å². The molecule has 0 aliphatic heterocycles. The number of rotatable bonds is 3. The van der Waals surface area contributed by atoms with Gasteiger partial charge in [-0.3, -0.25) is 0 Å². The summed E-state index contributed by atoms with van der Waals surface area (Å²) in [5.74, 6) is -1.00. The number of halogens is 4. The van der Waals surface area contributed by atoms with E-state index in [9.17, 15) is 18.0 Å². The Morgan fingerprint density at radius 3 is 2.60 bits per heavy atom. The smallest absolute Gasteiger partial charge is 0.435 e. The highest BCUT2D eigenvalue weighted by Crippen LogP contribution is 2.40. The number of thiazole rings is 1. The molecule has 20 heavy (non-hydrogen) atoms. The van der Waals surface area contributed by atoms with Crippen molar-refractivity contribution in [1.82, 2.24) is 4.98 Å². The summed E-state index contributed by atoms with van der Waals surface area (Å²) in [7, 11) is 0. The van der Waals surface area contributed by atoms with Crippen molar-refractivity contribution in [1.29, 1.82) is 0 Å². The molecule has 0 aliphatic carbocycles. The van der Waals surface area contributed by atoms with Crippen LogP contribution in [0.5, 0.6) is 0 Å². The zero-order valence-corrected chi connectivity index (χ0v) is 13.2. The third-order valence-corrected chi connectivity index (χ3v) is 4.97. The maximum atomic E-state index is 12.9. The molecule has 0 saturated carbocycles. The molecular formula is C11H7BrF3NO2S2. The minimum Gasteiger partial charge on any atom is -0.462 e. The Labute approximate surface area is 128 Å². The number of carbonyl (C=O) groups excluding carboxylic acids is 1. The third-order valence-electron chi connectivity index (χ3n) is 2.14. The molecule has 2 aromatic heterocycles. The Hall–Kier alpha value is -0.930. The zero-order valence-electron chi connectivity index (χ0n) is 9.95. The lowest BCUT2D eigenvalue weighted by Crippen LogP contribution is -2.13. The van der Waals surface area contributed by atoms with Gasteiger partial charge in [-0.25, -0.2) is 9.78 Å². The molecule has 108 valence electrons. The normalized spacial score (nSPS) is 11.7. The number of ether oxygens (including phenoxy) is 1. The first kappa shape index (κ1) is 15.5. The predicted octanol–water partition coefficient (Wildman–Crippen LogP) is 4.83. The van der Waals surface area contributed by atoms with Crippen molar-refractivity contribution in [3.63, 3.8) is 0 Å². The number of hydrogen-bond donors (Lipinski definition) is 0. The van der Waals surface area contributed by atoms with Crippen molar-refractivity contribution in [2.75, 3.05) is 6.61 Å². The van der Waals surface area contributed by atoms with Crippen LogP contribution in [0.1, 0.15) is 22.3 Å². The maximum Gasteiger partial charge on any atom is 0.435 e. The Bertz CT molecular complexity index is 636. The van der Waals surface area contributed by atoms with E-state index in [1.165, 1.54) is 18.3 Å². The summed E-state index contributed by atoms with van der Waals surface area (Å²) >= 11 is 5.16. The lowest BCUT2D eigenvalue weighted by Gasteiger charge is -2.05. The number of nitrogens with zero attached hydrogens (tertiary/aromatic N) is 1. The van der Waals surface area contributed by atoms with Gasteiger partial charge in [0.05, 0.1) is 15.3 Å². The third kappa shape index (κ3) is 3.21. The van der Waals surface area contributed by atoms with Gasteiger partial charge < -0.3 is 4.74 Å². The molecular weight excluding hydrogens is 379 g/mol. The van der Waals surface area contributed by atoms with Gasteiger partial charge in [0, 0.05) is 0 Å². The lowest BCUT2D eigenvalue weighted by molar-refractivity contribution is -0.141. The van der Waals surface area contributed by atoms with Crippen LogP contribution in [0.4, 0.5) is 13.2 Å². The van der Waals surface area contributed by atoms with Crippen LogP contribution in [0.25, 0.3) is 9.88 Å². The fourth-order valence-corrected chi connectivity index (χ4v) is 3.80. The van der Waals surface area contributed by atoms with E-state index in [4.69, 9.17) is 0 Å². The Balaban J connectivity index is 2.50. The molecule has 3 nitrogen and oxygen atoms in total. The number of thiophene rings is 1. The number of aromatic nitrogens is 1. The average molecular weight is 386 g/mol. The zero-order chi connectivity index (χ0) is 14.9. The van der Waals surface area contributed by atoms with Gasteiger partial charge >= 0.3 is 12.1 Å². The monoisotopic (exact) mass is 385 g/mol. The van der Waals surface area contributed by atoms with E-state index < -0.39 is 22.7 Å². The van der Waals surface area contributed by atoms with Crippen LogP contribution < -0.4 is 0 Å². The maximum absolute atomic E-state index is 12.9. The van der Waals surface area contributed by atoms with Crippen LogP contribution >= 0.6 is 38.6 Å². The van der Waals surface area contributed by atoms with E-state index in [1.54, 1.807) is 12.1 Å². The van der Waals surface area contributed by atoms with E-state index in [2.05, 4.69) is 25.7 Å². The van der Waals surface area contributed by atoms with Crippen molar-refractivity contribution in [2.24, 2.45) is 0 Å². The molecule has 0 fully saturated rings. The van der Waals surface area contributed by atoms with Crippen LogP contribution in [-0.2, 0) is 10.9 Å². The largest absolute Gasteiger partial charge is 0.462 e. The van der Waals surface area contributed by atoms with E-state index in [0.717, 1.165) is 3.79 Å². The molecule has 2 aromatic rings. The van der Waals surface area contributed by atoms with Gasteiger partial charge in [0.15, 0.2) is 5.69 Å². The summed E-state index contributed by atoms with van der Waals surface area (Å²) in [4.78, 5) is 15.2. The molecule has 2 rings (SSSR count). The summed E-state index contributed by atoms with van der Waals surface area (Å²) in [5, 5.41) is 0.149. The second kappa shape index (κ2) is 5.82. The Kier molecular flexibility index (Phi) is 4.50. The summed E-state index contributed by atoms with van der Waals surface area (Å²) in [6.45, 7) is 1.54. The molecule has 0 radical (unpaired) electrons. The fourth-order valence-electron chi connectivity index (χ4n) is 1.38. The lowest BCUT2D eigenvalue weighted by atomic mass is 10.3. The minimum absolute atomic E-state index is 0.00785. The van der Waals surface area contributed by atoms with Gasteiger partial charge in [-0.05, 0) is 35.0 Å². The quantitative estimate of drug-likeness (QED) is 0.710. The molecule has 0 amide bonds. The second-order valence-corrected chi connectivity index (χ2v) is 6.98. The highest BCUT2D eigenvalue weighted by atomic mass is 79.9. The molecule has 2 heterocycles. The average Bonchev–Trinajstić information content (AvgIpc) is 2.94. The van der Waals surface area contributed by atoms with Crippen LogP contribution in [0, 0.1) is 0 Å². The summed E-state index contributed by atoms with van der Waals surface area (Å²) in [6.07, 6.45) is -4.69. The standard InChI is InChI=1S/C11H7BrF3NO2S2/c1-2-18-10(17)7-8(11(13,14)15)16-9(20-7)5-3-4-6(12)19-5/h3-4H,2H2,1H3. The molecule has 0 spiro atoms. The second-order valence-electron chi connectivity index (χ2n) is 3.52. The highest BCUT2D eigenvalue weighted by Gasteiger charge is 2.40. The first-order valence-electron chi connectivity index (χ1n) is 5.33. The van der Waals surface area contributed by atoms with E-state index >= 15 is 0 Å². The van der Waals surface area contributed by atoms with Gasteiger partial charge in [0.2, 0.25) is 0 Å². The van der Waals surface area contributed by atoms with Crippen LogP contribution in [0.2, 0.25) is 0 Å². The number of hydrogen-bond acceptors (Lipinski definition) is 5. The van der Waals surface area contributed by atoms with Gasteiger partial charge in [0.1, 0.15) is 9.88 Å². The summed E-state index contributed by atoms with van der Waals surface area (Å²) < 4.78 is 44.2. The molecule has 0 aliphatic rings. The first-order valence-corrected chi connectivity index (χ1v) is 7.76. The molecule has 0 bridgehead atoms. The molecule has 0 unspecified atom stereocenters. The van der Waals surface area contributed by atoms with E-state index in [0.29, 0.717) is 16.2 Å². The molecule has 0 saturated heterocycles.